The Labute approximate surface area is 160 Å². The normalized spacial score (nSPS) is 10.7. The average molecular weight is 375 g/mol. The SMILES string of the molecule is Nc1ccccc1NC(=O)c1nc2ccc(NCc3ccccn3)cc2s1. The summed E-state index contributed by atoms with van der Waals surface area (Å²) in [5.74, 6) is -0.267. The standard InChI is InChI=1S/C20H17N5OS/c21-15-6-1-2-7-16(15)24-19(26)20-25-17-9-8-13(11-18(17)27-20)23-12-14-5-3-4-10-22-14/h1-11,23H,12,21H2,(H,24,26). The third-order valence-electron chi connectivity index (χ3n) is 3.99. The topological polar surface area (TPSA) is 92.9 Å². The third-order valence-corrected chi connectivity index (χ3v) is 5.01. The van der Waals surface area contributed by atoms with Crippen molar-refractivity contribution in [2.24, 2.45) is 0 Å². The Hall–Kier alpha value is -3.45. The molecule has 0 aliphatic carbocycles. The zero-order valence-corrected chi connectivity index (χ0v) is 15.2. The molecular weight excluding hydrogens is 358 g/mol. The molecule has 134 valence electrons. The van der Waals surface area contributed by atoms with Crippen molar-refractivity contribution in [3.8, 4) is 0 Å². The lowest BCUT2D eigenvalue weighted by Gasteiger charge is -2.05. The van der Waals surface area contributed by atoms with Crippen LogP contribution < -0.4 is 16.4 Å². The van der Waals surface area contributed by atoms with Crippen molar-refractivity contribution < 1.29 is 4.79 Å². The lowest BCUT2D eigenvalue weighted by Crippen LogP contribution is -2.12. The number of hydrogen-bond donors (Lipinski definition) is 3. The van der Waals surface area contributed by atoms with Crippen LogP contribution in [0.2, 0.25) is 0 Å². The minimum atomic E-state index is -0.267. The number of nitrogens with two attached hydrogens (primary N) is 1. The van der Waals surface area contributed by atoms with Crippen molar-refractivity contribution >= 4 is 44.5 Å². The maximum absolute atomic E-state index is 12.5. The van der Waals surface area contributed by atoms with Gasteiger partial charge in [-0.3, -0.25) is 9.78 Å². The van der Waals surface area contributed by atoms with Crippen LogP contribution in [0.15, 0.2) is 66.9 Å². The maximum atomic E-state index is 12.5. The highest BCUT2D eigenvalue weighted by Crippen LogP contribution is 2.27. The number of nitrogens with one attached hydrogen (secondary N) is 2. The highest BCUT2D eigenvalue weighted by atomic mass is 32.1. The molecule has 0 saturated heterocycles. The van der Waals surface area contributed by atoms with Crippen LogP contribution in [0.1, 0.15) is 15.5 Å². The van der Waals surface area contributed by atoms with Crippen LogP contribution in [0, 0.1) is 0 Å². The van der Waals surface area contributed by atoms with Gasteiger partial charge in [0.1, 0.15) is 0 Å². The fourth-order valence-electron chi connectivity index (χ4n) is 2.61. The second kappa shape index (κ2) is 7.43. The summed E-state index contributed by atoms with van der Waals surface area (Å²) in [6.07, 6.45) is 1.77. The minimum Gasteiger partial charge on any atom is -0.397 e. The summed E-state index contributed by atoms with van der Waals surface area (Å²) in [5, 5.41) is 6.55. The Morgan fingerprint density at radius 3 is 2.74 bits per heavy atom. The number of anilines is 3. The van der Waals surface area contributed by atoms with Crippen LogP contribution in [-0.2, 0) is 6.54 Å². The molecular formula is C20H17N5OS. The first-order valence-electron chi connectivity index (χ1n) is 8.39. The second-order valence-electron chi connectivity index (χ2n) is 5.92. The number of nitrogens with zero attached hydrogens (tertiary/aromatic N) is 2. The molecule has 0 unspecified atom stereocenters. The quantitative estimate of drug-likeness (QED) is 0.456. The average Bonchev–Trinajstić information content (AvgIpc) is 3.12. The molecule has 0 fully saturated rings. The van der Waals surface area contributed by atoms with Crippen LogP contribution in [0.3, 0.4) is 0 Å². The zero-order chi connectivity index (χ0) is 18.6. The summed E-state index contributed by atoms with van der Waals surface area (Å²) < 4.78 is 0.937. The molecule has 0 bridgehead atoms. The van der Waals surface area contributed by atoms with Crippen LogP contribution >= 0.6 is 11.3 Å². The van der Waals surface area contributed by atoms with E-state index in [9.17, 15) is 4.79 Å². The molecule has 4 rings (SSSR count). The molecule has 0 spiro atoms. The van der Waals surface area contributed by atoms with Gasteiger partial charge < -0.3 is 16.4 Å². The molecule has 4 N–H and O–H groups in total. The van der Waals surface area contributed by atoms with E-state index in [1.807, 2.05) is 48.5 Å². The first-order chi connectivity index (χ1) is 13.2. The van der Waals surface area contributed by atoms with Crippen molar-refractivity contribution in [2.75, 3.05) is 16.4 Å². The zero-order valence-electron chi connectivity index (χ0n) is 14.3. The fraction of sp³-hybridized carbons (Fsp3) is 0.0500. The first kappa shape index (κ1) is 17.0. The number of pyridine rings is 1. The number of thiazole rings is 1. The van der Waals surface area contributed by atoms with Crippen LogP contribution in [0.4, 0.5) is 17.1 Å². The smallest absolute Gasteiger partial charge is 0.284 e. The Morgan fingerprint density at radius 1 is 1.07 bits per heavy atom. The Kier molecular flexibility index (Phi) is 4.67. The molecule has 0 radical (unpaired) electrons. The number of hydrogen-bond acceptors (Lipinski definition) is 6. The number of fused-ring (bicyclic) bond motifs is 1. The van der Waals surface area contributed by atoms with E-state index in [4.69, 9.17) is 5.73 Å². The van der Waals surface area contributed by atoms with Gasteiger partial charge in [-0.2, -0.15) is 0 Å². The van der Waals surface area contributed by atoms with Gasteiger partial charge in [0.2, 0.25) is 0 Å². The highest BCUT2D eigenvalue weighted by Gasteiger charge is 2.14. The third kappa shape index (κ3) is 3.88. The van der Waals surface area contributed by atoms with Crippen molar-refractivity contribution in [3.63, 3.8) is 0 Å². The molecule has 2 heterocycles. The van der Waals surface area contributed by atoms with E-state index in [1.54, 1.807) is 18.3 Å². The molecule has 27 heavy (non-hydrogen) atoms. The maximum Gasteiger partial charge on any atom is 0.284 e. The van der Waals surface area contributed by atoms with E-state index in [2.05, 4.69) is 20.6 Å². The predicted octanol–water partition coefficient (Wildman–Crippen LogP) is 4.14. The molecule has 0 saturated carbocycles. The Balaban J connectivity index is 1.50. The van der Waals surface area contributed by atoms with E-state index in [0.717, 1.165) is 21.6 Å². The molecule has 2 aromatic heterocycles. The molecule has 1 amide bonds. The van der Waals surface area contributed by atoms with Gasteiger partial charge >= 0.3 is 0 Å². The van der Waals surface area contributed by atoms with Gasteiger partial charge in [0.05, 0.1) is 33.8 Å². The summed E-state index contributed by atoms with van der Waals surface area (Å²) in [7, 11) is 0. The molecule has 0 aliphatic heterocycles. The molecule has 7 heteroatoms. The first-order valence-corrected chi connectivity index (χ1v) is 9.21. The number of carbonyl (C=O) groups excluding carboxylic acids is 1. The summed E-state index contributed by atoms with van der Waals surface area (Å²) in [4.78, 5) is 21.2. The molecule has 4 aromatic rings. The van der Waals surface area contributed by atoms with E-state index < -0.39 is 0 Å². The Morgan fingerprint density at radius 2 is 1.93 bits per heavy atom. The van der Waals surface area contributed by atoms with Gasteiger partial charge in [-0.15, -0.1) is 11.3 Å². The lowest BCUT2D eigenvalue weighted by molar-refractivity contribution is 0.102. The summed E-state index contributed by atoms with van der Waals surface area (Å²) in [5.41, 5.74) is 9.68. The van der Waals surface area contributed by atoms with E-state index in [0.29, 0.717) is 22.9 Å². The number of aromatic nitrogens is 2. The van der Waals surface area contributed by atoms with Crippen molar-refractivity contribution in [2.45, 2.75) is 6.54 Å². The van der Waals surface area contributed by atoms with Crippen molar-refractivity contribution in [3.05, 3.63) is 77.6 Å². The van der Waals surface area contributed by atoms with E-state index >= 15 is 0 Å². The summed E-state index contributed by atoms with van der Waals surface area (Å²) in [6, 6.07) is 18.8. The van der Waals surface area contributed by atoms with Crippen LogP contribution in [0.25, 0.3) is 10.2 Å². The van der Waals surface area contributed by atoms with Gasteiger partial charge in [-0.1, -0.05) is 18.2 Å². The van der Waals surface area contributed by atoms with Crippen LogP contribution in [0.5, 0.6) is 0 Å². The Bertz CT molecular complexity index is 1090. The summed E-state index contributed by atoms with van der Waals surface area (Å²) in [6.45, 7) is 0.631. The van der Waals surface area contributed by atoms with Crippen molar-refractivity contribution in [1.29, 1.82) is 0 Å². The van der Waals surface area contributed by atoms with E-state index in [1.165, 1.54) is 11.3 Å². The number of amides is 1. The highest BCUT2D eigenvalue weighted by molar-refractivity contribution is 7.20. The predicted molar refractivity (Wildman–Crippen MR) is 110 cm³/mol. The minimum absolute atomic E-state index is 0.267. The molecule has 2 aromatic carbocycles. The number of rotatable bonds is 5. The monoisotopic (exact) mass is 375 g/mol. The fourth-order valence-corrected chi connectivity index (χ4v) is 3.51. The summed E-state index contributed by atoms with van der Waals surface area (Å²) >= 11 is 1.35. The second-order valence-corrected chi connectivity index (χ2v) is 6.95. The van der Waals surface area contributed by atoms with Gasteiger partial charge in [0.25, 0.3) is 5.91 Å². The molecule has 6 nitrogen and oxygen atoms in total. The molecule has 0 aliphatic rings. The van der Waals surface area contributed by atoms with Crippen molar-refractivity contribution in [1.82, 2.24) is 9.97 Å². The van der Waals surface area contributed by atoms with Crippen LogP contribution in [-0.4, -0.2) is 15.9 Å². The number of nitrogen functional groups attached to an aromatic ring is 1. The number of benzene rings is 2. The van der Waals surface area contributed by atoms with Gasteiger partial charge in [-0.05, 0) is 42.5 Å². The molecule has 0 atom stereocenters. The number of para-hydroxylation sites is 2. The van der Waals surface area contributed by atoms with Gasteiger partial charge in [-0.25, -0.2) is 4.98 Å². The van der Waals surface area contributed by atoms with E-state index in [-0.39, 0.29) is 5.91 Å². The largest absolute Gasteiger partial charge is 0.397 e. The number of carbonyl (C=O) groups is 1. The van der Waals surface area contributed by atoms with Gasteiger partial charge in [0.15, 0.2) is 5.01 Å². The lowest BCUT2D eigenvalue weighted by atomic mass is 10.2. The van der Waals surface area contributed by atoms with Gasteiger partial charge in [0, 0.05) is 11.9 Å².